The van der Waals surface area contributed by atoms with Gasteiger partial charge in [0.15, 0.2) is 0 Å². The van der Waals surface area contributed by atoms with Crippen molar-refractivity contribution in [3.8, 4) is 0 Å². The van der Waals surface area contributed by atoms with Gasteiger partial charge in [-0.1, -0.05) is 47.5 Å². The van der Waals surface area contributed by atoms with Crippen LogP contribution in [0.2, 0.25) is 0 Å². The maximum Gasteiger partial charge on any atom is 0.0481 e. The van der Waals surface area contributed by atoms with Gasteiger partial charge in [-0.15, -0.1) is 0 Å². The first-order chi connectivity index (χ1) is 8.26. The summed E-state index contributed by atoms with van der Waals surface area (Å²) in [6.45, 7) is 5.35. The highest BCUT2D eigenvalue weighted by molar-refractivity contribution is 9.10. The summed E-state index contributed by atoms with van der Waals surface area (Å²) >= 11 is 3.63. The van der Waals surface area contributed by atoms with Gasteiger partial charge < -0.3 is 5.73 Å². The van der Waals surface area contributed by atoms with Crippen molar-refractivity contribution in [1.82, 2.24) is 4.90 Å². The van der Waals surface area contributed by atoms with Crippen LogP contribution in [0.4, 0.5) is 0 Å². The Morgan fingerprint density at radius 3 is 2.82 bits per heavy atom. The molecule has 94 valence electrons. The molecule has 2 nitrogen and oxygen atoms in total. The topological polar surface area (TPSA) is 29.3 Å². The lowest BCUT2D eigenvalue weighted by atomic mass is 10.0. The van der Waals surface area contributed by atoms with Crippen LogP contribution in [0, 0.1) is 5.92 Å². The van der Waals surface area contributed by atoms with Gasteiger partial charge in [-0.05, 0) is 30.5 Å². The molecule has 0 bridgehead atoms. The molecule has 1 heterocycles. The number of rotatable bonds is 4. The minimum Gasteiger partial charge on any atom is -0.329 e. The van der Waals surface area contributed by atoms with Gasteiger partial charge in [-0.3, -0.25) is 4.90 Å². The molecule has 1 saturated heterocycles. The first-order valence-corrected chi connectivity index (χ1v) is 7.24. The van der Waals surface area contributed by atoms with Crippen LogP contribution in [0.5, 0.6) is 0 Å². The first-order valence-electron chi connectivity index (χ1n) is 6.44. The Kier molecular flexibility index (Phi) is 4.60. The van der Waals surface area contributed by atoms with Crippen LogP contribution in [0.25, 0.3) is 0 Å². The number of benzene rings is 1. The van der Waals surface area contributed by atoms with Crippen LogP contribution in [0.1, 0.15) is 31.4 Å². The van der Waals surface area contributed by atoms with Crippen LogP contribution in [0.3, 0.4) is 0 Å². The largest absolute Gasteiger partial charge is 0.329 e. The number of halogens is 1. The minimum atomic E-state index is 0.363. The molecule has 0 saturated carbocycles. The molecule has 0 amide bonds. The normalized spacial score (nSPS) is 22.9. The Balaban J connectivity index is 2.15. The first kappa shape index (κ1) is 13.1. The van der Waals surface area contributed by atoms with E-state index in [-0.39, 0.29) is 0 Å². The van der Waals surface area contributed by atoms with Gasteiger partial charge in [0.25, 0.3) is 0 Å². The van der Waals surface area contributed by atoms with E-state index in [2.05, 4.69) is 52.0 Å². The van der Waals surface area contributed by atoms with Crippen molar-refractivity contribution in [1.29, 1.82) is 0 Å². The van der Waals surface area contributed by atoms with Crippen molar-refractivity contribution < 1.29 is 0 Å². The molecule has 2 rings (SSSR count). The molecule has 0 radical (unpaired) electrons. The van der Waals surface area contributed by atoms with Crippen LogP contribution in [0.15, 0.2) is 28.7 Å². The second-order valence-corrected chi connectivity index (χ2v) is 5.69. The SMILES string of the molecule is CCC1CCN(C(CN)c2ccccc2Br)C1. The molecule has 2 N–H and O–H groups in total. The summed E-state index contributed by atoms with van der Waals surface area (Å²) in [5, 5.41) is 0. The third kappa shape index (κ3) is 2.90. The Morgan fingerprint density at radius 1 is 1.47 bits per heavy atom. The third-order valence-corrected chi connectivity index (χ3v) is 4.55. The summed E-state index contributed by atoms with van der Waals surface area (Å²) in [4.78, 5) is 2.54. The molecule has 2 unspecified atom stereocenters. The fourth-order valence-corrected chi connectivity index (χ4v) is 3.25. The van der Waals surface area contributed by atoms with E-state index in [9.17, 15) is 0 Å². The molecular formula is C14H21BrN2. The Labute approximate surface area is 112 Å². The van der Waals surface area contributed by atoms with Gasteiger partial charge in [-0.25, -0.2) is 0 Å². The second kappa shape index (κ2) is 5.98. The summed E-state index contributed by atoms with van der Waals surface area (Å²) < 4.78 is 1.18. The van der Waals surface area contributed by atoms with E-state index in [0.717, 1.165) is 5.92 Å². The lowest BCUT2D eigenvalue weighted by Crippen LogP contribution is -2.32. The molecule has 1 aliphatic rings. The maximum absolute atomic E-state index is 5.98. The van der Waals surface area contributed by atoms with Crippen molar-refractivity contribution in [2.45, 2.75) is 25.8 Å². The number of nitrogens with zero attached hydrogens (tertiary/aromatic N) is 1. The van der Waals surface area contributed by atoms with E-state index in [1.807, 2.05) is 0 Å². The van der Waals surface area contributed by atoms with E-state index in [0.29, 0.717) is 12.6 Å². The van der Waals surface area contributed by atoms with E-state index < -0.39 is 0 Å². The Morgan fingerprint density at radius 2 is 2.24 bits per heavy atom. The molecule has 2 atom stereocenters. The van der Waals surface area contributed by atoms with Crippen molar-refractivity contribution in [2.75, 3.05) is 19.6 Å². The highest BCUT2D eigenvalue weighted by Crippen LogP contribution is 2.31. The average molecular weight is 297 g/mol. The lowest BCUT2D eigenvalue weighted by molar-refractivity contribution is 0.240. The van der Waals surface area contributed by atoms with Gasteiger partial charge in [-0.2, -0.15) is 0 Å². The van der Waals surface area contributed by atoms with Crippen LogP contribution in [-0.4, -0.2) is 24.5 Å². The van der Waals surface area contributed by atoms with Crippen LogP contribution >= 0.6 is 15.9 Å². The van der Waals surface area contributed by atoms with Gasteiger partial charge in [0.2, 0.25) is 0 Å². The average Bonchev–Trinajstić information content (AvgIpc) is 2.81. The van der Waals surface area contributed by atoms with Crippen LogP contribution in [-0.2, 0) is 0 Å². The number of hydrogen-bond acceptors (Lipinski definition) is 2. The van der Waals surface area contributed by atoms with Crippen molar-refractivity contribution in [2.24, 2.45) is 11.7 Å². The van der Waals surface area contributed by atoms with Gasteiger partial charge in [0.05, 0.1) is 0 Å². The summed E-state index contributed by atoms with van der Waals surface area (Å²) in [5.41, 5.74) is 7.30. The van der Waals surface area contributed by atoms with Gasteiger partial charge >= 0.3 is 0 Å². The van der Waals surface area contributed by atoms with Crippen molar-refractivity contribution in [3.05, 3.63) is 34.3 Å². The summed E-state index contributed by atoms with van der Waals surface area (Å²) in [5.74, 6) is 0.853. The summed E-state index contributed by atoms with van der Waals surface area (Å²) in [7, 11) is 0. The summed E-state index contributed by atoms with van der Waals surface area (Å²) in [6, 6.07) is 8.80. The Bertz CT molecular complexity index is 367. The Hall–Kier alpha value is -0.380. The zero-order chi connectivity index (χ0) is 12.3. The molecule has 1 fully saturated rings. The highest BCUT2D eigenvalue weighted by atomic mass is 79.9. The molecule has 0 aliphatic carbocycles. The molecule has 17 heavy (non-hydrogen) atoms. The molecule has 0 spiro atoms. The molecule has 1 aromatic rings. The lowest BCUT2D eigenvalue weighted by Gasteiger charge is -2.28. The zero-order valence-electron chi connectivity index (χ0n) is 10.4. The molecule has 3 heteroatoms. The number of likely N-dealkylation sites (tertiary alicyclic amines) is 1. The van der Waals surface area contributed by atoms with Gasteiger partial charge in [0.1, 0.15) is 0 Å². The second-order valence-electron chi connectivity index (χ2n) is 4.83. The maximum atomic E-state index is 5.98. The van der Waals surface area contributed by atoms with E-state index in [1.54, 1.807) is 0 Å². The van der Waals surface area contributed by atoms with Gasteiger partial charge in [0, 0.05) is 23.6 Å². The third-order valence-electron chi connectivity index (χ3n) is 3.82. The smallest absolute Gasteiger partial charge is 0.0481 e. The fourth-order valence-electron chi connectivity index (χ4n) is 2.70. The zero-order valence-corrected chi connectivity index (χ0v) is 12.0. The number of hydrogen-bond donors (Lipinski definition) is 1. The minimum absolute atomic E-state index is 0.363. The van der Waals surface area contributed by atoms with Crippen molar-refractivity contribution >= 4 is 15.9 Å². The fraction of sp³-hybridized carbons (Fsp3) is 0.571. The molecule has 1 aromatic carbocycles. The van der Waals surface area contributed by atoms with E-state index >= 15 is 0 Å². The molecular weight excluding hydrogens is 276 g/mol. The van der Waals surface area contributed by atoms with E-state index in [4.69, 9.17) is 5.73 Å². The highest BCUT2D eigenvalue weighted by Gasteiger charge is 2.28. The summed E-state index contributed by atoms with van der Waals surface area (Å²) in [6.07, 6.45) is 2.60. The standard InChI is InChI=1S/C14H21BrN2/c1-2-11-7-8-17(10-11)14(9-16)12-5-3-4-6-13(12)15/h3-6,11,14H,2,7-10,16H2,1H3. The quantitative estimate of drug-likeness (QED) is 0.925. The molecule has 0 aromatic heterocycles. The van der Waals surface area contributed by atoms with Crippen LogP contribution < -0.4 is 5.73 Å². The molecule has 1 aliphatic heterocycles. The monoisotopic (exact) mass is 296 g/mol. The predicted octanol–water partition coefficient (Wildman–Crippen LogP) is 3.18. The predicted molar refractivity (Wildman–Crippen MR) is 75.9 cm³/mol. The number of nitrogens with two attached hydrogens (primary N) is 1. The van der Waals surface area contributed by atoms with Crippen molar-refractivity contribution in [3.63, 3.8) is 0 Å². The van der Waals surface area contributed by atoms with E-state index in [1.165, 1.54) is 36.0 Å².